The van der Waals surface area contributed by atoms with Crippen LogP contribution in [0, 0.1) is 5.82 Å². The Kier molecular flexibility index (Phi) is 6.91. The number of hydrogen-bond acceptors (Lipinski definition) is 3. The van der Waals surface area contributed by atoms with E-state index in [4.69, 9.17) is 11.6 Å². The lowest BCUT2D eigenvalue weighted by Crippen LogP contribution is -2.25. The van der Waals surface area contributed by atoms with E-state index >= 15 is 0 Å². The Balaban J connectivity index is 1.88. The van der Waals surface area contributed by atoms with Crippen molar-refractivity contribution in [3.8, 4) is 0 Å². The summed E-state index contributed by atoms with van der Waals surface area (Å²) in [4.78, 5) is 29.8. The number of halogens is 4. The lowest BCUT2D eigenvalue weighted by Gasteiger charge is -2.23. The minimum atomic E-state index is -2.80. The van der Waals surface area contributed by atoms with Gasteiger partial charge >= 0.3 is 0 Å². The van der Waals surface area contributed by atoms with Gasteiger partial charge in [-0.05, 0) is 24.3 Å². The Morgan fingerprint density at radius 3 is 2.55 bits per heavy atom. The first-order valence-electron chi connectivity index (χ1n) is 9.14. The second-order valence-corrected chi connectivity index (χ2v) is 6.95. The highest BCUT2D eigenvalue weighted by atomic mass is 35.5. The lowest BCUT2D eigenvalue weighted by atomic mass is 10.1. The number of carbonyl (C=O) groups is 2. The van der Waals surface area contributed by atoms with E-state index in [0.717, 1.165) is 4.90 Å². The summed E-state index contributed by atoms with van der Waals surface area (Å²) < 4.78 is 40.8. The van der Waals surface area contributed by atoms with Gasteiger partial charge in [0.25, 0.3) is 6.43 Å². The number of benzene rings is 2. The van der Waals surface area contributed by atoms with Gasteiger partial charge in [0.1, 0.15) is 11.6 Å². The molecule has 160 valence electrons. The molecule has 5 nitrogen and oxygen atoms in total. The summed E-state index contributed by atoms with van der Waals surface area (Å²) in [5.41, 5.74) is -0.0438. The minimum absolute atomic E-state index is 0.0147. The van der Waals surface area contributed by atoms with Crippen LogP contribution in [0.2, 0.25) is 5.02 Å². The molecule has 3 rings (SSSR count). The highest BCUT2D eigenvalue weighted by Gasteiger charge is 2.23. The number of para-hydroxylation sites is 1. The number of carbonyl (C=O) groups excluding carboxylic acids is 2. The first-order valence-corrected chi connectivity index (χ1v) is 9.52. The van der Waals surface area contributed by atoms with Crippen molar-refractivity contribution in [1.29, 1.82) is 0 Å². The zero-order valence-corrected chi connectivity index (χ0v) is 17.0. The molecule has 0 aliphatic rings. The number of nitrogens with zero attached hydrogens (tertiary/aromatic N) is 2. The van der Waals surface area contributed by atoms with E-state index in [1.165, 1.54) is 67.7 Å². The molecule has 0 saturated carbocycles. The average molecular weight is 448 g/mol. The summed E-state index contributed by atoms with van der Waals surface area (Å²) in [5.74, 6) is -1.65. The zero-order chi connectivity index (χ0) is 22.5. The number of hydrogen-bond donors (Lipinski definition) is 1. The monoisotopic (exact) mass is 447 g/mol. The third-order valence-corrected chi connectivity index (χ3v) is 4.74. The predicted octanol–water partition coefficient (Wildman–Crippen LogP) is 5.68. The van der Waals surface area contributed by atoms with Crippen LogP contribution in [0.15, 0.2) is 60.8 Å². The topological polar surface area (TPSA) is 62.3 Å². The van der Waals surface area contributed by atoms with Crippen molar-refractivity contribution in [2.45, 2.75) is 19.8 Å². The summed E-state index contributed by atoms with van der Waals surface area (Å²) in [6.45, 7) is 1.22. The standard InChI is InChI=1S/C22H17ClF3N3O2/c1-13(30)29(19-8-3-2-5-15(19)22(25)26)20-11-14(9-10-27-20)28-21(31)12-16-17(23)6-4-7-18(16)24/h2-11,22H,12H2,1H3,(H,27,28,31). The molecule has 31 heavy (non-hydrogen) atoms. The third-order valence-electron chi connectivity index (χ3n) is 4.39. The number of anilines is 3. The van der Waals surface area contributed by atoms with Crippen LogP contribution in [-0.4, -0.2) is 16.8 Å². The molecule has 0 saturated heterocycles. The zero-order valence-electron chi connectivity index (χ0n) is 16.3. The van der Waals surface area contributed by atoms with Crippen molar-refractivity contribution in [3.05, 3.63) is 82.8 Å². The van der Waals surface area contributed by atoms with E-state index in [1.54, 1.807) is 0 Å². The van der Waals surface area contributed by atoms with Crippen molar-refractivity contribution >= 4 is 40.6 Å². The molecule has 9 heteroatoms. The van der Waals surface area contributed by atoms with Crippen molar-refractivity contribution in [2.75, 3.05) is 10.2 Å². The Labute approximate surface area is 181 Å². The van der Waals surface area contributed by atoms with Crippen LogP contribution in [-0.2, 0) is 16.0 Å². The summed E-state index contributed by atoms with van der Waals surface area (Å²) in [6.07, 6.45) is -1.79. The maximum Gasteiger partial charge on any atom is 0.265 e. The summed E-state index contributed by atoms with van der Waals surface area (Å²) in [7, 11) is 0. The van der Waals surface area contributed by atoms with Gasteiger partial charge in [-0.1, -0.05) is 35.9 Å². The first-order chi connectivity index (χ1) is 14.8. The van der Waals surface area contributed by atoms with Gasteiger partial charge in [-0.15, -0.1) is 0 Å². The molecule has 0 aliphatic carbocycles. The van der Waals surface area contributed by atoms with Gasteiger partial charge in [0.15, 0.2) is 0 Å². The number of alkyl halides is 2. The molecule has 1 aromatic heterocycles. The van der Waals surface area contributed by atoms with E-state index in [9.17, 15) is 22.8 Å². The number of nitrogens with one attached hydrogen (secondary N) is 1. The van der Waals surface area contributed by atoms with Gasteiger partial charge < -0.3 is 5.32 Å². The molecule has 0 aliphatic heterocycles. The Bertz CT molecular complexity index is 1100. The van der Waals surface area contributed by atoms with Gasteiger partial charge in [0.05, 0.1) is 12.1 Å². The highest BCUT2D eigenvalue weighted by Crippen LogP contribution is 2.34. The molecule has 0 radical (unpaired) electrons. The van der Waals surface area contributed by atoms with E-state index in [-0.39, 0.29) is 39.8 Å². The molecule has 1 N–H and O–H groups in total. The largest absolute Gasteiger partial charge is 0.326 e. The van der Waals surface area contributed by atoms with Gasteiger partial charge in [-0.3, -0.25) is 14.5 Å². The Morgan fingerprint density at radius 1 is 1.13 bits per heavy atom. The van der Waals surface area contributed by atoms with Crippen molar-refractivity contribution < 1.29 is 22.8 Å². The molecule has 3 aromatic rings. The molecular formula is C22H17ClF3N3O2. The number of rotatable bonds is 6. The molecule has 0 fully saturated rings. The van der Waals surface area contributed by atoms with E-state index < -0.39 is 24.1 Å². The molecule has 0 atom stereocenters. The second kappa shape index (κ2) is 9.61. The van der Waals surface area contributed by atoms with E-state index in [2.05, 4.69) is 10.3 Å². The maximum atomic E-state index is 13.9. The molecule has 2 amide bonds. The molecule has 0 bridgehead atoms. The predicted molar refractivity (Wildman–Crippen MR) is 112 cm³/mol. The van der Waals surface area contributed by atoms with Gasteiger partial charge in [0, 0.05) is 41.0 Å². The van der Waals surface area contributed by atoms with Crippen LogP contribution >= 0.6 is 11.6 Å². The van der Waals surface area contributed by atoms with Crippen LogP contribution in [0.3, 0.4) is 0 Å². The highest BCUT2D eigenvalue weighted by molar-refractivity contribution is 6.31. The molecule has 2 aromatic carbocycles. The fraction of sp³-hybridized carbons (Fsp3) is 0.136. The van der Waals surface area contributed by atoms with Crippen molar-refractivity contribution in [2.24, 2.45) is 0 Å². The lowest BCUT2D eigenvalue weighted by molar-refractivity contribution is -0.116. The fourth-order valence-electron chi connectivity index (χ4n) is 3.02. The van der Waals surface area contributed by atoms with E-state index in [1.807, 2.05) is 0 Å². The van der Waals surface area contributed by atoms with Crippen LogP contribution in [0.5, 0.6) is 0 Å². The van der Waals surface area contributed by atoms with E-state index in [0.29, 0.717) is 0 Å². The third kappa shape index (κ3) is 5.21. The van der Waals surface area contributed by atoms with Crippen molar-refractivity contribution in [1.82, 2.24) is 4.98 Å². The molecule has 0 spiro atoms. The minimum Gasteiger partial charge on any atom is -0.326 e. The second-order valence-electron chi connectivity index (χ2n) is 6.54. The number of aromatic nitrogens is 1. The smallest absolute Gasteiger partial charge is 0.265 e. The Hall–Kier alpha value is -3.39. The summed E-state index contributed by atoms with van der Waals surface area (Å²) in [6, 6.07) is 12.5. The van der Waals surface area contributed by atoms with Crippen molar-refractivity contribution in [3.63, 3.8) is 0 Å². The van der Waals surface area contributed by atoms with Gasteiger partial charge in [0.2, 0.25) is 11.8 Å². The summed E-state index contributed by atoms with van der Waals surface area (Å²) >= 11 is 5.95. The maximum absolute atomic E-state index is 13.9. The SMILES string of the molecule is CC(=O)N(c1cc(NC(=O)Cc2c(F)cccc2Cl)ccn1)c1ccccc1C(F)F. The number of pyridine rings is 1. The molecule has 1 heterocycles. The quantitative estimate of drug-likeness (QED) is 0.529. The fourth-order valence-corrected chi connectivity index (χ4v) is 3.25. The molecular weight excluding hydrogens is 431 g/mol. The van der Waals surface area contributed by atoms with Crippen LogP contribution in [0.25, 0.3) is 0 Å². The van der Waals surface area contributed by atoms with Crippen LogP contribution < -0.4 is 10.2 Å². The molecule has 0 unspecified atom stereocenters. The first kappa shape index (κ1) is 22.3. The summed E-state index contributed by atoms with van der Waals surface area (Å²) in [5, 5.41) is 2.70. The van der Waals surface area contributed by atoms with Gasteiger partial charge in [-0.25, -0.2) is 18.2 Å². The van der Waals surface area contributed by atoms with Crippen LogP contribution in [0.1, 0.15) is 24.5 Å². The van der Waals surface area contributed by atoms with Crippen LogP contribution in [0.4, 0.5) is 30.4 Å². The average Bonchev–Trinajstić information content (AvgIpc) is 2.71. The number of amides is 2. The Morgan fingerprint density at radius 2 is 1.87 bits per heavy atom. The normalized spacial score (nSPS) is 10.8. The van der Waals surface area contributed by atoms with Gasteiger partial charge in [-0.2, -0.15) is 0 Å².